The van der Waals surface area contributed by atoms with Gasteiger partial charge in [0.05, 0.1) is 18.4 Å². The summed E-state index contributed by atoms with van der Waals surface area (Å²) >= 11 is 0. The highest BCUT2D eigenvalue weighted by atomic mass is 16.7. The van der Waals surface area contributed by atoms with Crippen LogP contribution in [0.2, 0.25) is 0 Å². The lowest BCUT2D eigenvalue weighted by Crippen LogP contribution is -2.34. The Kier molecular flexibility index (Phi) is 2.68. The molecule has 0 aliphatic carbocycles. The monoisotopic (exact) mass is 288 g/mol. The number of hydrogen-bond acceptors (Lipinski definition) is 5. The van der Waals surface area contributed by atoms with Crippen molar-refractivity contribution in [1.29, 1.82) is 0 Å². The zero-order valence-electron chi connectivity index (χ0n) is 11.7. The van der Waals surface area contributed by atoms with Crippen molar-refractivity contribution in [2.75, 3.05) is 26.9 Å². The first-order chi connectivity index (χ1) is 10.1. The van der Waals surface area contributed by atoms with Gasteiger partial charge in [0.1, 0.15) is 0 Å². The van der Waals surface area contributed by atoms with E-state index in [1.807, 2.05) is 30.1 Å². The molecule has 3 aliphatic heterocycles. The number of imide groups is 1. The van der Waals surface area contributed by atoms with Crippen LogP contribution in [0.1, 0.15) is 5.56 Å². The lowest BCUT2D eigenvalue weighted by Gasteiger charge is -2.18. The highest BCUT2D eigenvalue weighted by Crippen LogP contribution is 2.36. The standard InChI is InChI=1S/C15H16N2O4/c1-16-6-10-11(7-16)15(19)17(14(10)18)5-9-2-3-12-13(4-9)21-8-20-12/h2-4,10-11H,5-8H2,1H3/t10-,11+. The van der Waals surface area contributed by atoms with E-state index in [9.17, 15) is 9.59 Å². The van der Waals surface area contributed by atoms with Crippen molar-refractivity contribution in [3.05, 3.63) is 23.8 Å². The SMILES string of the molecule is CN1C[C@@H]2C(=O)N(Cc3ccc4c(c3)OCO4)C(=O)[C@@H]2C1. The van der Waals surface area contributed by atoms with Crippen molar-refractivity contribution in [3.63, 3.8) is 0 Å². The predicted octanol–water partition coefficient (Wildman–Crippen LogP) is 0.462. The molecular formula is C15H16N2O4. The quantitative estimate of drug-likeness (QED) is 0.740. The molecule has 1 aromatic carbocycles. The maximum absolute atomic E-state index is 12.4. The highest BCUT2D eigenvalue weighted by molar-refractivity contribution is 6.05. The number of carbonyl (C=O) groups is 2. The van der Waals surface area contributed by atoms with Gasteiger partial charge in [-0.25, -0.2) is 0 Å². The second-order valence-electron chi connectivity index (χ2n) is 5.88. The van der Waals surface area contributed by atoms with Crippen LogP contribution >= 0.6 is 0 Å². The second kappa shape index (κ2) is 4.46. The Morgan fingerprint density at radius 3 is 2.48 bits per heavy atom. The van der Waals surface area contributed by atoms with E-state index in [1.54, 1.807) is 0 Å². The number of fused-ring (bicyclic) bond motifs is 2. The molecule has 0 bridgehead atoms. The Balaban J connectivity index is 1.55. The van der Waals surface area contributed by atoms with Gasteiger partial charge in [0.15, 0.2) is 11.5 Å². The van der Waals surface area contributed by atoms with Crippen molar-refractivity contribution in [1.82, 2.24) is 9.80 Å². The van der Waals surface area contributed by atoms with E-state index in [1.165, 1.54) is 4.90 Å². The maximum atomic E-state index is 12.4. The predicted molar refractivity (Wildman–Crippen MR) is 72.6 cm³/mol. The lowest BCUT2D eigenvalue weighted by molar-refractivity contribution is -0.141. The van der Waals surface area contributed by atoms with Gasteiger partial charge in [-0.2, -0.15) is 0 Å². The summed E-state index contributed by atoms with van der Waals surface area (Å²) in [5.74, 6) is 0.940. The number of carbonyl (C=O) groups excluding carboxylic acids is 2. The molecule has 0 aromatic heterocycles. The van der Waals surface area contributed by atoms with Crippen LogP contribution in [0.4, 0.5) is 0 Å². The third-order valence-electron chi connectivity index (χ3n) is 4.45. The summed E-state index contributed by atoms with van der Waals surface area (Å²) in [6.45, 7) is 1.88. The topological polar surface area (TPSA) is 59.1 Å². The Labute approximate surface area is 122 Å². The van der Waals surface area contributed by atoms with Gasteiger partial charge in [-0.3, -0.25) is 14.5 Å². The molecule has 0 N–H and O–H groups in total. The number of rotatable bonds is 2. The minimum atomic E-state index is -0.170. The largest absolute Gasteiger partial charge is 0.454 e. The highest BCUT2D eigenvalue weighted by Gasteiger charge is 2.51. The first kappa shape index (κ1) is 12.6. The fourth-order valence-electron chi connectivity index (χ4n) is 3.39. The molecule has 0 radical (unpaired) electrons. The van der Waals surface area contributed by atoms with E-state index in [0.29, 0.717) is 31.1 Å². The van der Waals surface area contributed by atoms with Crippen LogP contribution in [-0.4, -0.2) is 48.5 Å². The van der Waals surface area contributed by atoms with E-state index in [-0.39, 0.29) is 30.4 Å². The number of ether oxygens (including phenoxy) is 2. The molecule has 6 nitrogen and oxygen atoms in total. The lowest BCUT2D eigenvalue weighted by atomic mass is 10.00. The molecule has 2 atom stereocenters. The Hall–Kier alpha value is -2.08. The average Bonchev–Trinajstić information content (AvgIpc) is 3.12. The third-order valence-corrected chi connectivity index (χ3v) is 4.45. The third kappa shape index (κ3) is 1.90. The molecule has 3 heterocycles. The first-order valence-corrected chi connectivity index (χ1v) is 7.06. The Morgan fingerprint density at radius 1 is 1.10 bits per heavy atom. The van der Waals surface area contributed by atoms with Crippen molar-refractivity contribution in [2.45, 2.75) is 6.54 Å². The van der Waals surface area contributed by atoms with Gasteiger partial charge in [-0.1, -0.05) is 6.07 Å². The summed E-state index contributed by atoms with van der Waals surface area (Å²) in [6.07, 6.45) is 0. The number of amides is 2. The maximum Gasteiger partial charge on any atom is 0.234 e. The zero-order chi connectivity index (χ0) is 14.6. The number of likely N-dealkylation sites (tertiary alicyclic amines) is 2. The van der Waals surface area contributed by atoms with Gasteiger partial charge in [0.2, 0.25) is 18.6 Å². The number of nitrogens with zero attached hydrogens (tertiary/aromatic N) is 2. The summed E-state index contributed by atoms with van der Waals surface area (Å²) in [5, 5.41) is 0. The van der Waals surface area contributed by atoms with E-state index >= 15 is 0 Å². The summed E-state index contributed by atoms with van der Waals surface area (Å²) in [6, 6.07) is 5.52. The van der Waals surface area contributed by atoms with Crippen molar-refractivity contribution < 1.29 is 19.1 Å². The van der Waals surface area contributed by atoms with E-state index in [0.717, 1.165) is 5.56 Å². The minimum Gasteiger partial charge on any atom is -0.454 e. The summed E-state index contributed by atoms with van der Waals surface area (Å²) in [5.41, 5.74) is 0.884. The van der Waals surface area contributed by atoms with Crippen LogP contribution in [0, 0.1) is 11.8 Å². The summed E-state index contributed by atoms with van der Waals surface area (Å²) in [4.78, 5) is 28.2. The minimum absolute atomic E-state index is 0.0491. The average molecular weight is 288 g/mol. The van der Waals surface area contributed by atoms with E-state index < -0.39 is 0 Å². The van der Waals surface area contributed by atoms with E-state index in [2.05, 4.69) is 0 Å². The van der Waals surface area contributed by atoms with E-state index in [4.69, 9.17) is 9.47 Å². The molecule has 6 heteroatoms. The van der Waals surface area contributed by atoms with Gasteiger partial charge in [0.25, 0.3) is 0 Å². The molecule has 2 amide bonds. The fraction of sp³-hybridized carbons (Fsp3) is 0.467. The second-order valence-corrected chi connectivity index (χ2v) is 5.88. The summed E-state index contributed by atoms with van der Waals surface area (Å²) in [7, 11) is 1.95. The van der Waals surface area contributed by atoms with Gasteiger partial charge < -0.3 is 14.4 Å². The molecule has 21 heavy (non-hydrogen) atoms. The molecule has 2 fully saturated rings. The van der Waals surface area contributed by atoms with Crippen LogP contribution in [0.3, 0.4) is 0 Å². The van der Waals surface area contributed by atoms with Crippen molar-refractivity contribution >= 4 is 11.8 Å². The molecule has 0 unspecified atom stereocenters. The molecule has 4 rings (SSSR count). The molecular weight excluding hydrogens is 272 g/mol. The molecule has 1 aromatic rings. The number of hydrogen-bond donors (Lipinski definition) is 0. The molecule has 0 saturated carbocycles. The van der Waals surface area contributed by atoms with Crippen LogP contribution < -0.4 is 9.47 Å². The van der Waals surface area contributed by atoms with Crippen molar-refractivity contribution in [3.8, 4) is 11.5 Å². The normalized spacial score (nSPS) is 27.6. The van der Waals surface area contributed by atoms with Crippen LogP contribution in [0.5, 0.6) is 11.5 Å². The fourth-order valence-corrected chi connectivity index (χ4v) is 3.39. The van der Waals surface area contributed by atoms with Gasteiger partial charge in [-0.05, 0) is 24.7 Å². The molecule has 110 valence electrons. The van der Waals surface area contributed by atoms with Gasteiger partial charge in [0, 0.05) is 13.1 Å². The number of benzene rings is 1. The smallest absolute Gasteiger partial charge is 0.234 e. The van der Waals surface area contributed by atoms with Crippen LogP contribution in [-0.2, 0) is 16.1 Å². The first-order valence-electron chi connectivity index (χ1n) is 7.06. The van der Waals surface area contributed by atoms with Gasteiger partial charge in [-0.15, -0.1) is 0 Å². The molecule has 3 aliphatic rings. The van der Waals surface area contributed by atoms with Gasteiger partial charge >= 0.3 is 0 Å². The summed E-state index contributed by atoms with van der Waals surface area (Å²) < 4.78 is 10.6. The molecule has 0 spiro atoms. The Morgan fingerprint density at radius 2 is 1.76 bits per heavy atom. The Bertz CT molecular complexity index is 606. The van der Waals surface area contributed by atoms with Crippen molar-refractivity contribution in [2.24, 2.45) is 11.8 Å². The molecule has 2 saturated heterocycles. The van der Waals surface area contributed by atoms with Crippen LogP contribution in [0.15, 0.2) is 18.2 Å². The van der Waals surface area contributed by atoms with Crippen LogP contribution in [0.25, 0.3) is 0 Å². The zero-order valence-corrected chi connectivity index (χ0v) is 11.7.